The van der Waals surface area contributed by atoms with E-state index >= 15 is 0 Å². The van der Waals surface area contributed by atoms with Crippen LogP contribution in [-0.2, 0) is 12.8 Å². The van der Waals surface area contributed by atoms with Gasteiger partial charge in [-0.3, -0.25) is 4.98 Å². The quantitative estimate of drug-likeness (QED) is 0.688. The molecule has 0 amide bonds. The Balaban J connectivity index is 1.20. The lowest BCUT2D eigenvalue weighted by Crippen LogP contribution is -2.27. The first-order valence-electron chi connectivity index (χ1n) is 9.81. The van der Waals surface area contributed by atoms with Crippen LogP contribution in [0.5, 0.6) is 0 Å². The maximum atomic E-state index is 4.77. The zero-order chi connectivity index (χ0) is 16.7. The third-order valence-corrected chi connectivity index (χ3v) is 7.67. The first-order chi connectivity index (χ1) is 12.3. The van der Waals surface area contributed by atoms with Crippen molar-refractivity contribution in [2.45, 2.75) is 62.3 Å². The van der Waals surface area contributed by atoms with Crippen LogP contribution in [0.15, 0.2) is 41.7 Å². The van der Waals surface area contributed by atoms with E-state index in [4.69, 9.17) is 4.98 Å². The Morgan fingerprint density at radius 3 is 2.24 bits per heavy atom. The summed E-state index contributed by atoms with van der Waals surface area (Å²) < 4.78 is 0. The number of benzene rings is 1. The molecule has 5 rings (SSSR count). The second kappa shape index (κ2) is 6.42. The summed E-state index contributed by atoms with van der Waals surface area (Å²) in [4.78, 5) is 9.45. The van der Waals surface area contributed by atoms with Gasteiger partial charge in [-0.25, -0.2) is 4.98 Å². The van der Waals surface area contributed by atoms with Crippen molar-refractivity contribution in [3.63, 3.8) is 0 Å². The highest BCUT2D eigenvalue weighted by molar-refractivity contribution is 7.99. The summed E-state index contributed by atoms with van der Waals surface area (Å²) in [6.07, 6.45) is 14.7. The molecule has 0 atom stereocenters. The van der Waals surface area contributed by atoms with E-state index in [1.807, 2.05) is 18.0 Å². The molecule has 1 aromatic carbocycles. The van der Waals surface area contributed by atoms with Gasteiger partial charge in [0.05, 0.1) is 11.9 Å². The third kappa shape index (κ3) is 3.36. The Kier molecular flexibility index (Phi) is 4.08. The minimum absolute atomic E-state index is 0.535. The maximum absolute atomic E-state index is 4.77. The molecule has 1 spiro atoms. The van der Waals surface area contributed by atoms with Gasteiger partial charge in [-0.1, -0.05) is 24.3 Å². The highest BCUT2D eigenvalue weighted by Gasteiger charge is 2.40. The van der Waals surface area contributed by atoms with Crippen molar-refractivity contribution in [2.75, 3.05) is 5.75 Å². The second-order valence-electron chi connectivity index (χ2n) is 8.43. The van der Waals surface area contributed by atoms with Crippen LogP contribution in [-0.4, -0.2) is 15.7 Å². The maximum Gasteiger partial charge on any atom is 0.114 e. The molecule has 2 nitrogen and oxygen atoms in total. The van der Waals surface area contributed by atoms with Gasteiger partial charge in [-0.15, -0.1) is 11.8 Å². The van der Waals surface area contributed by atoms with Crippen LogP contribution in [0.3, 0.4) is 0 Å². The predicted octanol–water partition coefficient (Wildman–Crippen LogP) is 5.42. The molecular formula is C22H26N2S. The van der Waals surface area contributed by atoms with Gasteiger partial charge >= 0.3 is 0 Å². The molecule has 0 aliphatic heterocycles. The smallest absolute Gasteiger partial charge is 0.114 e. The van der Waals surface area contributed by atoms with E-state index in [2.05, 4.69) is 35.4 Å². The van der Waals surface area contributed by atoms with Gasteiger partial charge < -0.3 is 0 Å². The Bertz CT molecular complexity index is 716. The van der Waals surface area contributed by atoms with Crippen molar-refractivity contribution in [1.82, 2.24) is 9.97 Å². The number of thioether (sulfide) groups is 1. The topological polar surface area (TPSA) is 25.8 Å². The molecule has 0 saturated heterocycles. The molecule has 0 N–H and O–H groups in total. The molecule has 2 fully saturated rings. The number of hydrogen-bond donors (Lipinski definition) is 0. The van der Waals surface area contributed by atoms with Gasteiger partial charge in [0.2, 0.25) is 0 Å². The summed E-state index contributed by atoms with van der Waals surface area (Å²) in [5.74, 6) is 2.78. The minimum atomic E-state index is 0.535. The summed E-state index contributed by atoms with van der Waals surface area (Å²) in [7, 11) is 0. The summed E-state index contributed by atoms with van der Waals surface area (Å²) in [5, 5.41) is 1.11. The van der Waals surface area contributed by atoms with E-state index in [1.54, 1.807) is 11.1 Å². The Morgan fingerprint density at radius 2 is 1.64 bits per heavy atom. The van der Waals surface area contributed by atoms with Gasteiger partial charge in [0, 0.05) is 17.9 Å². The van der Waals surface area contributed by atoms with Crippen LogP contribution >= 0.6 is 11.8 Å². The van der Waals surface area contributed by atoms with Crippen molar-refractivity contribution in [3.8, 4) is 0 Å². The van der Waals surface area contributed by atoms with Crippen molar-refractivity contribution >= 4 is 11.8 Å². The Morgan fingerprint density at radius 1 is 0.920 bits per heavy atom. The predicted molar refractivity (Wildman–Crippen MR) is 103 cm³/mol. The monoisotopic (exact) mass is 350 g/mol. The second-order valence-corrected chi connectivity index (χ2v) is 9.47. The van der Waals surface area contributed by atoms with Crippen molar-refractivity contribution < 1.29 is 0 Å². The van der Waals surface area contributed by atoms with E-state index in [-0.39, 0.29) is 0 Å². The first-order valence-corrected chi connectivity index (χ1v) is 10.8. The summed E-state index contributed by atoms with van der Waals surface area (Å²) in [5.41, 5.74) is 4.95. The number of aromatic nitrogens is 2. The zero-order valence-corrected chi connectivity index (χ0v) is 15.6. The largest absolute Gasteiger partial charge is 0.257 e. The van der Waals surface area contributed by atoms with E-state index < -0.39 is 0 Å². The minimum Gasteiger partial charge on any atom is -0.257 e. The molecule has 25 heavy (non-hydrogen) atoms. The van der Waals surface area contributed by atoms with Gasteiger partial charge in [-0.2, -0.15) is 0 Å². The standard InChI is InChI=1S/C22H26N2S/c1-2-4-19-12-22(11-18(19)3-1)9-7-17(8-10-22)20-13-24-21(14-23-20)25-15-16-5-6-16/h1-4,13-14,16-17H,5-12,15H2. The molecule has 1 aromatic heterocycles. The van der Waals surface area contributed by atoms with Crippen LogP contribution in [0.25, 0.3) is 0 Å². The van der Waals surface area contributed by atoms with E-state index in [0.717, 1.165) is 10.9 Å². The van der Waals surface area contributed by atoms with Gasteiger partial charge in [-0.05, 0) is 73.8 Å². The van der Waals surface area contributed by atoms with Gasteiger partial charge in [0.25, 0.3) is 0 Å². The molecule has 0 unspecified atom stereocenters. The van der Waals surface area contributed by atoms with Crippen LogP contribution in [0, 0.1) is 11.3 Å². The molecule has 2 saturated carbocycles. The van der Waals surface area contributed by atoms with E-state index in [0.29, 0.717) is 11.3 Å². The summed E-state index contributed by atoms with van der Waals surface area (Å²) in [6, 6.07) is 9.06. The fraction of sp³-hybridized carbons (Fsp3) is 0.545. The molecule has 1 heterocycles. The Hall–Kier alpha value is -1.35. The number of rotatable bonds is 4. The fourth-order valence-electron chi connectivity index (χ4n) is 4.75. The number of fused-ring (bicyclic) bond motifs is 1. The lowest BCUT2D eigenvalue weighted by Gasteiger charge is -2.37. The average Bonchev–Trinajstić information content (AvgIpc) is 3.41. The summed E-state index contributed by atoms with van der Waals surface area (Å²) >= 11 is 1.88. The highest BCUT2D eigenvalue weighted by Crippen LogP contribution is 2.50. The molecule has 0 radical (unpaired) electrons. The molecular weight excluding hydrogens is 324 g/mol. The number of nitrogens with zero attached hydrogens (tertiary/aromatic N) is 2. The van der Waals surface area contributed by atoms with Gasteiger partial charge in [0.15, 0.2) is 0 Å². The lowest BCUT2D eigenvalue weighted by molar-refractivity contribution is 0.185. The average molecular weight is 351 g/mol. The van der Waals surface area contributed by atoms with Crippen molar-refractivity contribution in [2.24, 2.45) is 11.3 Å². The lowest BCUT2D eigenvalue weighted by atomic mass is 9.68. The highest BCUT2D eigenvalue weighted by atomic mass is 32.2. The zero-order valence-electron chi connectivity index (χ0n) is 14.8. The number of hydrogen-bond acceptors (Lipinski definition) is 3. The van der Waals surface area contributed by atoms with Crippen LogP contribution in [0.4, 0.5) is 0 Å². The van der Waals surface area contributed by atoms with Crippen molar-refractivity contribution in [3.05, 3.63) is 53.5 Å². The Labute approximate surface area is 154 Å². The van der Waals surface area contributed by atoms with Crippen LogP contribution in [0.1, 0.15) is 61.3 Å². The molecule has 0 bridgehead atoms. The molecule has 130 valence electrons. The SMILES string of the molecule is c1ccc2c(c1)CC1(CCC(c3cnc(SCC4CC4)cn3)CC1)C2. The van der Waals surface area contributed by atoms with Crippen LogP contribution < -0.4 is 0 Å². The first kappa shape index (κ1) is 15.9. The third-order valence-electron chi connectivity index (χ3n) is 6.53. The fourth-order valence-corrected chi connectivity index (χ4v) is 5.75. The van der Waals surface area contributed by atoms with Gasteiger partial charge in [0.1, 0.15) is 5.03 Å². The summed E-state index contributed by atoms with van der Waals surface area (Å²) in [6.45, 7) is 0. The molecule has 2 aromatic rings. The molecule has 3 heteroatoms. The molecule has 3 aliphatic rings. The van der Waals surface area contributed by atoms with Crippen molar-refractivity contribution in [1.29, 1.82) is 0 Å². The molecule has 3 aliphatic carbocycles. The van der Waals surface area contributed by atoms with E-state index in [9.17, 15) is 0 Å². The van der Waals surface area contributed by atoms with E-state index in [1.165, 1.54) is 62.8 Å². The van der Waals surface area contributed by atoms with Crippen LogP contribution in [0.2, 0.25) is 0 Å². The normalized spacial score (nSPS) is 22.2.